The number of anilines is 1. The van der Waals surface area contributed by atoms with E-state index < -0.39 is 0 Å². The molecule has 130 valence electrons. The Morgan fingerprint density at radius 1 is 1.04 bits per heavy atom. The van der Waals surface area contributed by atoms with Gasteiger partial charge in [-0.1, -0.05) is 24.3 Å². The van der Waals surface area contributed by atoms with Gasteiger partial charge in [0.05, 0.1) is 17.2 Å². The van der Waals surface area contributed by atoms with E-state index >= 15 is 0 Å². The van der Waals surface area contributed by atoms with Gasteiger partial charge in [0.15, 0.2) is 11.6 Å². The molecule has 8 heteroatoms. The van der Waals surface area contributed by atoms with Crippen LogP contribution in [0.25, 0.3) is 33.7 Å². The van der Waals surface area contributed by atoms with Crippen molar-refractivity contribution in [1.29, 1.82) is 0 Å². The van der Waals surface area contributed by atoms with Crippen LogP contribution in [-0.4, -0.2) is 19.7 Å². The zero-order chi connectivity index (χ0) is 18.3. The van der Waals surface area contributed by atoms with E-state index in [0.29, 0.717) is 17.2 Å². The molecule has 2 heterocycles. The largest absolute Gasteiger partial charge is 0.393 e. The van der Waals surface area contributed by atoms with Crippen molar-refractivity contribution in [2.24, 2.45) is 11.5 Å². The first-order valence-electron chi connectivity index (χ1n) is 7.85. The van der Waals surface area contributed by atoms with E-state index in [4.69, 9.17) is 17.2 Å². The van der Waals surface area contributed by atoms with Gasteiger partial charge in [-0.15, -0.1) is 0 Å². The van der Waals surface area contributed by atoms with Crippen molar-refractivity contribution < 1.29 is 4.39 Å². The molecule has 0 aliphatic rings. The van der Waals surface area contributed by atoms with Gasteiger partial charge in [0.1, 0.15) is 17.3 Å². The van der Waals surface area contributed by atoms with Crippen LogP contribution in [0.3, 0.4) is 0 Å². The van der Waals surface area contributed by atoms with Crippen molar-refractivity contribution >= 4 is 28.4 Å². The number of aromatic amines is 1. The number of halogens is 1. The lowest BCUT2D eigenvalue weighted by Crippen LogP contribution is -2.17. The van der Waals surface area contributed by atoms with E-state index in [9.17, 15) is 4.39 Å². The molecular weight excluding hydrogens is 333 g/mol. The van der Waals surface area contributed by atoms with Gasteiger partial charge >= 0.3 is 0 Å². The van der Waals surface area contributed by atoms with Crippen LogP contribution in [0.15, 0.2) is 54.7 Å². The van der Waals surface area contributed by atoms with Crippen LogP contribution in [0.5, 0.6) is 0 Å². The number of benzene rings is 2. The Morgan fingerprint density at radius 3 is 2.50 bits per heavy atom. The molecule has 4 rings (SSSR count). The van der Waals surface area contributed by atoms with E-state index in [-0.39, 0.29) is 17.3 Å². The summed E-state index contributed by atoms with van der Waals surface area (Å²) < 4.78 is 14.4. The van der Waals surface area contributed by atoms with Crippen molar-refractivity contribution in [2.75, 3.05) is 5.73 Å². The molecular formula is C18H16FN7. The molecule has 0 aliphatic heterocycles. The number of nitrogen functional groups attached to an aromatic ring is 1. The summed E-state index contributed by atoms with van der Waals surface area (Å²) >= 11 is 0. The van der Waals surface area contributed by atoms with E-state index in [0.717, 1.165) is 16.6 Å². The molecule has 7 nitrogen and oxygen atoms in total. The number of fused-ring (bicyclic) bond motifs is 1. The van der Waals surface area contributed by atoms with Crippen molar-refractivity contribution in [2.45, 2.75) is 0 Å². The molecule has 4 aromatic rings. The first-order valence-corrected chi connectivity index (χ1v) is 7.85. The normalized spacial score (nSPS) is 12.3. The molecule has 0 amide bonds. The predicted molar refractivity (Wildman–Crippen MR) is 99.6 cm³/mol. The van der Waals surface area contributed by atoms with Gasteiger partial charge in [-0.2, -0.15) is 9.78 Å². The minimum Gasteiger partial charge on any atom is -0.393 e. The van der Waals surface area contributed by atoms with E-state index in [1.54, 1.807) is 18.3 Å². The number of hydrogen-bond acceptors (Lipinski definition) is 5. The number of nitrogens with zero attached hydrogens (tertiary/aromatic N) is 3. The monoisotopic (exact) mass is 349 g/mol. The first kappa shape index (κ1) is 15.7. The molecule has 0 aliphatic carbocycles. The van der Waals surface area contributed by atoms with Gasteiger partial charge in [0.25, 0.3) is 0 Å². The Labute approximate surface area is 147 Å². The lowest BCUT2D eigenvalue weighted by molar-refractivity contribution is 0.628. The number of rotatable bonds is 3. The highest BCUT2D eigenvalue weighted by molar-refractivity contribution is 5.85. The average molecular weight is 349 g/mol. The summed E-state index contributed by atoms with van der Waals surface area (Å²) in [4.78, 5) is 7.53. The summed E-state index contributed by atoms with van der Waals surface area (Å²) in [6.45, 7) is 0. The Bertz CT molecular complexity index is 1090. The van der Waals surface area contributed by atoms with Crippen molar-refractivity contribution in [3.63, 3.8) is 0 Å². The molecule has 0 fully saturated rings. The first-order chi connectivity index (χ1) is 12.5. The smallest absolute Gasteiger partial charge is 0.158 e. The number of H-pyrrole nitrogens is 1. The number of nitrogens with one attached hydrogen (secondary N) is 1. The molecule has 0 spiro atoms. The van der Waals surface area contributed by atoms with Gasteiger partial charge in [0.2, 0.25) is 0 Å². The molecule has 2 aromatic carbocycles. The maximum atomic E-state index is 13.1. The van der Waals surface area contributed by atoms with Gasteiger partial charge in [-0.25, -0.2) is 9.37 Å². The molecule has 0 saturated heterocycles. The summed E-state index contributed by atoms with van der Waals surface area (Å²) in [6.07, 6.45) is 1.56. The summed E-state index contributed by atoms with van der Waals surface area (Å²) in [6, 6.07) is 13.5. The molecule has 26 heavy (non-hydrogen) atoms. The van der Waals surface area contributed by atoms with Gasteiger partial charge in [-0.3, -0.25) is 0 Å². The zero-order valence-electron chi connectivity index (χ0n) is 13.6. The summed E-state index contributed by atoms with van der Waals surface area (Å²) in [5.41, 5.74) is 21.7. The number of hydrogen-bond donors (Lipinski definition) is 4. The third kappa shape index (κ3) is 2.53. The fourth-order valence-electron chi connectivity index (χ4n) is 2.72. The van der Waals surface area contributed by atoms with Crippen LogP contribution in [0.1, 0.15) is 5.82 Å². The van der Waals surface area contributed by atoms with E-state index in [2.05, 4.69) is 15.1 Å². The SMILES string of the molecule is N/C(=C(/N)n1ncc(-c2ccc(F)cc2)c1N)c1nc2ccccc2[nH]1. The zero-order valence-corrected chi connectivity index (χ0v) is 13.6. The molecule has 7 N–H and O–H groups in total. The molecule has 0 radical (unpaired) electrons. The third-order valence-electron chi connectivity index (χ3n) is 4.11. The quantitative estimate of drug-likeness (QED) is 0.452. The maximum absolute atomic E-state index is 13.1. The lowest BCUT2D eigenvalue weighted by Gasteiger charge is -2.08. The minimum absolute atomic E-state index is 0.148. The number of nitrogens with two attached hydrogens (primary N) is 3. The van der Waals surface area contributed by atoms with Crippen molar-refractivity contribution in [3.05, 3.63) is 66.4 Å². The standard InChI is InChI=1S/C18H16FN7/c19-11-7-5-10(6-8-11)12-9-23-26(16(12)21)17(22)15(20)18-24-13-3-1-2-4-14(13)25-18/h1-9H,20-22H2,(H,24,25)/b17-15-. The van der Waals surface area contributed by atoms with Crippen LogP contribution in [0.4, 0.5) is 10.2 Å². The predicted octanol–water partition coefficient (Wildman–Crippen LogP) is 2.35. The molecule has 0 saturated carbocycles. The van der Waals surface area contributed by atoms with Crippen LogP contribution >= 0.6 is 0 Å². The van der Waals surface area contributed by atoms with Crippen molar-refractivity contribution in [3.8, 4) is 11.1 Å². The average Bonchev–Trinajstić information content (AvgIpc) is 3.25. The van der Waals surface area contributed by atoms with Crippen molar-refractivity contribution in [1.82, 2.24) is 19.7 Å². The highest BCUT2D eigenvalue weighted by atomic mass is 19.1. The second-order valence-corrected chi connectivity index (χ2v) is 5.76. The van der Waals surface area contributed by atoms with Crippen LogP contribution < -0.4 is 17.2 Å². The second kappa shape index (κ2) is 5.92. The maximum Gasteiger partial charge on any atom is 0.158 e. The third-order valence-corrected chi connectivity index (χ3v) is 4.11. The number of aromatic nitrogens is 4. The Balaban J connectivity index is 1.76. The van der Waals surface area contributed by atoms with E-state index in [1.165, 1.54) is 16.8 Å². The molecule has 0 unspecified atom stereocenters. The van der Waals surface area contributed by atoms with Crippen LogP contribution in [0, 0.1) is 5.82 Å². The Hall–Kier alpha value is -3.81. The fraction of sp³-hybridized carbons (Fsp3) is 0. The Morgan fingerprint density at radius 2 is 1.77 bits per heavy atom. The fourth-order valence-corrected chi connectivity index (χ4v) is 2.72. The van der Waals surface area contributed by atoms with Gasteiger partial charge < -0.3 is 22.2 Å². The van der Waals surface area contributed by atoms with Gasteiger partial charge in [-0.05, 0) is 29.8 Å². The van der Waals surface area contributed by atoms with Gasteiger partial charge in [0, 0.05) is 5.56 Å². The van der Waals surface area contributed by atoms with Crippen LogP contribution in [-0.2, 0) is 0 Å². The second-order valence-electron chi connectivity index (χ2n) is 5.76. The highest BCUT2D eigenvalue weighted by Crippen LogP contribution is 2.27. The lowest BCUT2D eigenvalue weighted by atomic mass is 10.1. The molecule has 0 atom stereocenters. The highest BCUT2D eigenvalue weighted by Gasteiger charge is 2.15. The summed E-state index contributed by atoms with van der Waals surface area (Å²) in [5, 5.41) is 4.21. The Kier molecular flexibility index (Phi) is 3.58. The number of imidazole rings is 1. The van der Waals surface area contributed by atoms with E-state index in [1.807, 2.05) is 24.3 Å². The van der Waals surface area contributed by atoms with Crippen LogP contribution in [0.2, 0.25) is 0 Å². The molecule has 2 aromatic heterocycles. The topological polar surface area (TPSA) is 125 Å². The number of para-hydroxylation sites is 2. The molecule has 0 bridgehead atoms. The summed E-state index contributed by atoms with van der Waals surface area (Å²) in [5.74, 6) is 0.554. The minimum atomic E-state index is -0.326. The summed E-state index contributed by atoms with van der Waals surface area (Å²) in [7, 11) is 0.